The molecule has 2 N–H and O–H groups in total. The minimum absolute atomic E-state index is 0.0673. The Bertz CT molecular complexity index is 538. The van der Waals surface area contributed by atoms with Gasteiger partial charge in [-0.25, -0.2) is 13.4 Å². The van der Waals surface area contributed by atoms with Crippen molar-refractivity contribution < 1.29 is 8.42 Å². The number of piperidine rings is 1. The van der Waals surface area contributed by atoms with Gasteiger partial charge in [-0.05, 0) is 26.2 Å². The monoisotopic (exact) mass is 286 g/mol. The molecule has 6 nitrogen and oxygen atoms in total. The highest BCUT2D eigenvalue weighted by atomic mass is 32.2. The van der Waals surface area contributed by atoms with Crippen molar-refractivity contribution in [1.82, 2.24) is 13.9 Å². The molecule has 0 aromatic carbocycles. The van der Waals surface area contributed by atoms with E-state index < -0.39 is 10.0 Å². The Labute approximate surface area is 114 Å². The normalized spacial score (nSPS) is 21.7. The van der Waals surface area contributed by atoms with Gasteiger partial charge in [-0.2, -0.15) is 4.31 Å². The Hall–Kier alpha value is -0.920. The molecule has 1 atom stereocenters. The molecule has 1 saturated heterocycles. The maximum atomic E-state index is 12.5. The van der Waals surface area contributed by atoms with E-state index in [0.29, 0.717) is 13.1 Å². The summed E-state index contributed by atoms with van der Waals surface area (Å²) in [5.41, 5.74) is 5.85. The summed E-state index contributed by atoms with van der Waals surface area (Å²) >= 11 is 0. The molecular weight excluding hydrogens is 264 g/mol. The summed E-state index contributed by atoms with van der Waals surface area (Å²) < 4.78 is 28.3. The Kier molecular flexibility index (Phi) is 4.27. The first kappa shape index (κ1) is 14.5. The highest BCUT2D eigenvalue weighted by Crippen LogP contribution is 2.19. The van der Waals surface area contributed by atoms with E-state index in [1.807, 2.05) is 11.5 Å². The maximum Gasteiger partial charge on any atom is 0.262 e. The van der Waals surface area contributed by atoms with Gasteiger partial charge in [0, 0.05) is 31.9 Å². The van der Waals surface area contributed by atoms with E-state index in [-0.39, 0.29) is 11.1 Å². The van der Waals surface area contributed by atoms with Crippen LogP contribution >= 0.6 is 0 Å². The molecule has 108 valence electrons. The zero-order chi connectivity index (χ0) is 14.0. The van der Waals surface area contributed by atoms with E-state index in [0.717, 1.165) is 31.6 Å². The molecule has 7 heteroatoms. The number of nitrogens with zero attached hydrogens (tertiary/aromatic N) is 3. The largest absolute Gasteiger partial charge is 0.334 e. The molecular formula is C12H22N4O2S. The second kappa shape index (κ2) is 5.60. The van der Waals surface area contributed by atoms with Crippen molar-refractivity contribution in [2.45, 2.75) is 50.7 Å². The fraction of sp³-hybridized carbons (Fsp3) is 0.750. The summed E-state index contributed by atoms with van der Waals surface area (Å²) in [6.07, 6.45) is 4.28. The Morgan fingerprint density at radius 3 is 2.89 bits per heavy atom. The van der Waals surface area contributed by atoms with Gasteiger partial charge in [0.2, 0.25) is 0 Å². The van der Waals surface area contributed by atoms with Crippen molar-refractivity contribution in [2.75, 3.05) is 13.1 Å². The van der Waals surface area contributed by atoms with Gasteiger partial charge in [-0.3, -0.25) is 0 Å². The van der Waals surface area contributed by atoms with Crippen molar-refractivity contribution in [2.24, 2.45) is 5.73 Å². The summed E-state index contributed by atoms with van der Waals surface area (Å²) in [6.45, 7) is 5.60. The van der Waals surface area contributed by atoms with Gasteiger partial charge < -0.3 is 10.3 Å². The standard InChI is InChI=1S/C12H22N4O2S/c1-3-6-15-9-12(14-10(15)2)19(17,18)16-7-4-5-11(13)8-16/h9,11H,3-8,13H2,1-2H3/t11-/m1/s1. The first-order valence-corrected chi connectivity index (χ1v) is 8.18. The van der Waals surface area contributed by atoms with Gasteiger partial charge in [-0.15, -0.1) is 0 Å². The van der Waals surface area contributed by atoms with Crippen LogP contribution in [-0.2, 0) is 16.6 Å². The Morgan fingerprint density at radius 2 is 2.26 bits per heavy atom. The van der Waals surface area contributed by atoms with E-state index >= 15 is 0 Å². The predicted octanol–water partition coefficient (Wildman–Crippen LogP) is 0.713. The van der Waals surface area contributed by atoms with Crippen LogP contribution in [0.2, 0.25) is 0 Å². The molecule has 2 rings (SSSR count). The van der Waals surface area contributed by atoms with Crippen LogP contribution in [-0.4, -0.2) is 41.4 Å². The van der Waals surface area contributed by atoms with Crippen LogP contribution in [0.3, 0.4) is 0 Å². The van der Waals surface area contributed by atoms with Gasteiger partial charge in [0.15, 0.2) is 5.03 Å². The van der Waals surface area contributed by atoms with E-state index in [9.17, 15) is 8.42 Å². The van der Waals surface area contributed by atoms with Gasteiger partial charge in [0.25, 0.3) is 10.0 Å². The third-order valence-electron chi connectivity index (χ3n) is 3.44. The highest BCUT2D eigenvalue weighted by molar-refractivity contribution is 7.89. The Morgan fingerprint density at radius 1 is 1.53 bits per heavy atom. The SMILES string of the molecule is CCCn1cc(S(=O)(=O)N2CCC[C@@H](N)C2)nc1C. The van der Waals surface area contributed by atoms with Gasteiger partial charge in [0.05, 0.1) is 0 Å². The quantitative estimate of drug-likeness (QED) is 0.884. The van der Waals surface area contributed by atoms with Gasteiger partial charge in [-0.1, -0.05) is 6.92 Å². The van der Waals surface area contributed by atoms with Crippen LogP contribution in [0, 0.1) is 6.92 Å². The lowest BCUT2D eigenvalue weighted by atomic mass is 10.1. The zero-order valence-corrected chi connectivity index (χ0v) is 12.4. The van der Waals surface area contributed by atoms with E-state index in [1.54, 1.807) is 6.20 Å². The molecule has 0 aliphatic carbocycles. The topological polar surface area (TPSA) is 81.2 Å². The molecule has 0 saturated carbocycles. The third-order valence-corrected chi connectivity index (χ3v) is 5.18. The molecule has 0 amide bonds. The molecule has 19 heavy (non-hydrogen) atoms. The summed E-state index contributed by atoms with van der Waals surface area (Å²) in [4.78, 5) is 4.19. The lowest BCUT2D eigenvalue weighted by Crippen LogP contribution is -2.45. The first-order chi connectivity index (χ1) is 8.95. The van der Waals surface area contributed by atoms with Crippen molar-refractivity contribution in [3.05, 3.63) is 12.0 Å². The maximum absolute atomic E-state index is 12.5. The van der Waals surface area contributed by atoms with Crippen LogP contribution < -0.4 is 5.73 Å². The molecule has 1 aliphatic heterocycles. The average Bonchev–Trinajstić information content (AvgIpc) is 2.72. The fourth-order valence-electron chi connectivity index (χ4n) is 2.40. The van der Waals surface area contributed by atoms with Crippen molar-refractivity contribution in [3.63, 3.8) is 0 Å². The minimum Gasteiger partial charge on any atom is -0.334 e. The molecule has 2 heterocycles. The molecule has 0 spiro atoms. The third kappa shape index (κ3) is 2.98. The van der Waals surface area contributed by atoms with Crippen LogP contribution in [0.4, 0.5) is 0 Å². The first-order valence-electron chi connectivity index (χ1n) is 6.74. The van der Waals surface area contributed by atoms with Crippen molar-refractivity contribution >= 4 is 10.0 Å². The molecule has 0 radical (unpaired) electrons. The lowest BCUT2D eigenvalue weighted by molar-refractivity contribution is 0.315. The lowest BCUT2D eigenvalue weighted by Gasteiger charge is -2.29. The fourth-order valence-corrected chi connectivity index (χ4v) is 3.93. The van der Waals surface area contributed by atoms with Gasteiger partial charge in [0.1, 0.15) is 5.82 Å². The van der Waals surface area contributed by atoms with Crippen molar-refractivity contribution in [3.8, 4) is 0 Å². The van der Waals surface area contributed by atoms with E-state index in [4.69, 9.17) is 5.73 Å². The summed E-state index contributed by atoms with van der Waals surface area (Å²) in [7, 11) is -3.49. The molecule has 0 unspecified atom stereocenters. The number of aromatic nitrogens is 2. The zero-order valence-electron chi connectivity index (χ0n) is 11.5. The van der Waals surface area contributed by atoms with E-state index in [2.05, 4.69) is 11.9 Å². The van der Waals surface area contributed by atoms with Crippen LogP contribution in [0.1, 0.15) is 32.0 Å². The molecule has 1 fully saturated rings. The number of rotatable bonds is 4. The molecule has 1 aromatic rings. The average molecular weight is 286 g/mol. The second-order valence-corrected chi connectivity index (χ2v) is 6.97. The number of hydrogen-bond acceptors (Lipinski definition) is 4. The number of imidazole rings is 1. The van der Waals surface area contributed by atoms with E-state index in [1.165, 1.54) is 4.31 Å². The van der Waals surface area contributed by atoms with Crippen LogP contribution in [0.25, 0.3) is 0 Å². The summed E-state index contributed by atoms with van der Waals surface area (Å²) in [5.74, 6) is 0.738. The second-order valence-electron chi connectivity index (χ2n) is 5.09. The number of nitrogens with two attached hydrogens (primary N) is 1. The summed E-state index contributed by atoms with van der Waals surface area (Å²) in [5, 5.41) is 0.146. The highest BCUT2D eigenvalue weighted by Gasteiger charge is 2.31. The van der Waals surface area contributed by atoms with Crippen LogP contribution in [0.15, 0.2) is 11.2 Å². The number of hydrogen-bond donors (Lipinski definition) is 1. The predicted molar refractivity (Wildman–Crippen MR) is 73.2 cm³/mol. The number of aryl methyl sites for hydroxylation is 2. The smallest absolute Gasteiger partial charge is 0.262 e. The minimum atomic E-state index is -3.49. The molecule has 1 aromatic heterocycles. The molecule has 0 bridgehead atoms. The van der Waals surface area contributed by atoms with Gasteiger partial charge >= 0.3 is 0 Å². The van der Waals surface area contributed by atoms with Crippen molar-refractivity contribution in [1.29, 1.82) is 0 Å². The Balaban J connectivity index is 2.26. The van der Waals surface area contributed by atoms with Crippen LogP contribution in [0.5, 0.6) is 0 Å². The molecule has 1 aliphatic rings. The summed E-state index contributed by atoms with van der Waals surface area (Å²) in [6, 6.07) is -0.0673. The number of sulfonamides is 1.